The molecule has 0 aliphatic carbocycles. The monoisotopic (exact) mass is 205 g/mol. The van der Waals surface area contributed by atoms with Crippen LogP contribution in [0.1, 0.15) is 30.3 Å². The summed E-state index contributed by atoms with van der Waals surface area (Å²) in [5.74, 6) is 2.65. The van der Waals surface area contributed by atoms with Crippen LogP contribution in [-0.2, 0) is 13.6 Å². The van der Waals surface area contributed by atoms with Gasteiger partial charge in [-0.3, -0.25) is 4.68 Å². The van der Waals surface area contributed by atoms with Gasteiger partial charge in [0.2, 0.25) is 0 Å². The molecule has 1 N–H and O–H groups in total. The van der Waals surface area contributed by atoms with E-state index in [1.807, 2.05) is 18.7 Å². The van der Waals surface area contributed by atoms with Gasteiger partial charge < -0.3 is 5.32 Å². The highest BCUT2D eigenvalue weighted by atomic mass is 15.3. The Hall–Kier alpha value is -1.27. The molecule has 0 saturated heterocycles. The van der Waals surface area contributed by atoms with E-state index in [9.17, 15) is 0 Å². The standard InChI is InChI=1S/C12H19N3/c1-6-7-9(2)13-8-12-10(3)14-15(5)11(12)4/h1,9,13H,7-8H2,2-5H3. The second-order valence-corrected chi connectivity index (χ2v) is 3.96. The number of nitrogens with zero attached hydrogens (tertiary/aromatic N) is 2. The van der Waals surface area contributed by atoms with Gasteiger partial charge in [0.1, 0.15) is 0 Å². The highest BCUT2D eigenvalue weighted by Gasteiger charge is 2.09. The Bertz CT molecular complexity index is 371. The fourth-order valence-corrected chi connectivity index (χ4v) is 1.60. The van der Waals surface area contributed by atoms with Crippen molar-refractivity contribution in [2.24, 2.45) is 7.05 Å². The first-order valence-corrected chi connectivity index (χ1v) is 5.22. The fourth-order valence-electron chi connectivity index (χ4n) is 1.60. The Labute approximate surface area is 91.9 Å². The second-order valence-electron chi connectivity index (χ2n) is 3.96. The summed E-state index contributed by atoms with van der Waals surface area (Å²) in [7, 11) is 1.97. The molecule has 3 heteroatoms. The lowest BCUT2D eigenvalue weighted by Gasteiger charge is -2.10. The Balaban J connectivity index is 2.62. The summed E-state index contributed by atoms with van der Waals surface area (Å²) in [5.41, 5.74) is 3.59. The van der Waals surface area contributed by atoms with Gasteiger partial charge in [-0.2, -0.15) is 5.10 Å². The van der Waals surface area contributed by atoms with Crippen LogP contribution in [0.4, 0.5) is 0 Å². The number of terminal acetylenes is 1. The first kappa shape index (κ1) is 11.8. The Morgan fingerprint density at radius 3 is 2.67 bits per heavy atom. The van der Waals surface area contributed by atoms with Crippen molar-refractivity contribution in [1.29, 1.82) is 0 Å². The van der Waals surface area contributed by atoms with Crippen LogP contribution in [0.5, 0.6) is 0 Å². The molecule has 1 unspecified atom stereocenters. The molecular formula is C12H19N3. The number of hydrogen-bond donors (Lipinski definition) is 1. The highest BCUT2D eigenvalue weighted by molar-refractivity contribution is 5.24. The predicted molar refractivity (Wildman–Crippen MR) is 62.4 cm³/mol. The summed E-state index contributed by atoms with van der Waals surface area (Å²) in [6.07, 6.45) is 6.02. The van der Waals surface area contributed by atoms with Gasteiger partial charge in [0.15, 0.2) is 0 Å². The summed E-state index contributed by atoms with van der Waals surface area (Å²) in [5, 5.41) is 7.77. The van der Waals surface area contributed by atoms with Crippen LogP contribution >= 0.6 is 0 Å². The Kier molecular flexibility index (Phi) is 3.93. The molecule has 0 bridgehead atoms. The Morgan fingerprint density at radius 2 is 2.20 bits per heavy atom. The van der Waals surface area contributed by atoms with E-state index in [2.05, 4.69) is 30.2 Å². The molecule has 15 heavy (non-hydrogen) atoms. The van der Waals surface area contributed by atoms with Crippen LogP contribution in [0.3, 0.4) is 0 Å². The average Bonchev–Trinajstić information content (AvgIpc) is 2.40. The van der Waals surface area contributed by atoms with Crippen LogP contribution < -0.4 is 5.32 Å². The largest absolute Gasteiger partial charge is 0.309 e. The van der Waals surface area contributed by atoms with Crippen molar-refractivity contribution < 1.29 is 0 Å². The topological polar surface area (TPSA) is 29.9 Å². The molecule has 1 rings (SSSR count). The molecule has 0 amide bonds. The minimum atomic E-state index is 0.356. The number of aryl methyl sites for hydroxylation is 2. The molecule has 0 saturated carbocycles. The minimum Gasteiger partial charge on any atom is -0.309 e. The quantitative estimate of drug-likeness (QED) is 0.756. The SMILES string of the molecule is C#CCC(C)NCc1c(C)nn(C)c1C. The van der Waals surface area contributed by atoms with E-state index in [1.54, 1.807) is 0 Å². The number of nitrogens with one attached hydrogen (secondary N) is 1. The van der Waals surface area contributed by atoms with Gasteiger partial charge in [0.05, 0.1) is 5.69 Å². The lowest BCUT2D eigenvalue weighted by molar-refractivity contribution is 0.557. The van der Waals surface area contributed by atoms with Crippen molar-refractivity contribution in [3.63, 3.8) is 0 Å². The lowest BCUT2D eigenvalue weighted by atomic mass is 10.1. The molecule has 1 atom stereocenters. The van der Waals surface area contributed by atoms with Crippen LogP contribution in [0.15, 0.2) is 0 Å². The van der Waals surface area contributed by atoms with Crippen LogP contribution in [0, 0.1) is 26.2 Å². The molecule has 1 aromatic heterocycles. The molecule has 0 aromatic carbocycles. The van der Waals surface area contributed by atoms with Gasteiger partial charge in [0, 0.05) is 37.3 Å². The molecule has 1 heterocycles. The van der Waals surface area contributed by atoms with Crippen molar-refractivity contribution in [2.45, 2.75) is 39.8 Å². The van der Waals surface area contributed by atoms with Crippen molar-refractivity contribution in [3.05, 3.63) is 17.0 Å². The summed E-state index contributed by atoms with van der Waals surface area (Å²) in [6.45, 7) is 7.06. The van der Waals surface area contributed by atoms with E-state index < -0.39 is 0 Å². The van der Waals surface area contributed by atoms with Crippen molar-refractivity contribution in [1.82, 2.24) is 15.1 Å². The summed E-state index contributed by atoms with van der Waals surface area (Å²) in [6, 6.07) is 0.356. The fraction of sp³-hybridized carbons (Fsp3) is 0.583. The van der Waals surface area contributed by atoms with Crippen molar-refractivity contribution >= 4 is 0 Å². The highest BCUT2D eigenvalue weighted by Crippen LogP contribution is 2.11. The number of hydrogen-bond acceptors (Lipinski definition) is 2. The molecule has 82 valence electrons. The number of rotatable bonds is 4. The van der Waals surface area contributed by atoms with Gasteiger partial charge in [0.25, 0.3) is 0 Å². The van der Waals surface area contributed by atoms with Gasteiger partial charge in [-0.15, -0.1) is 12.3 Å². The van der Waals surface area contributed by atoms with Gasteiger partial charge in [-0.05, 0) is 20.8 Å². The van der Waals surface area contributed by atoms with Gasteiger partial charge >= 0.3 is 0 Å². The average molecular weight is 205 g/mol. The minimum absolute atomic E-state index is 0.356. The van der Waals surface area contributed by atoms with E-state index >= 15 is 0 Å². The zero-order valence-electron chi connectivity index (χ0n) is 9.96. The number of aromatic nitrogens is 2. The molecular weight excluding hydrogens is 186 g/mol. The maximum atomic E-state index is 5.26. The maximum absolute atomic E-state index is 5.26. The predicted octanol–water partition coefficient (Wildman–Crippen LogP) is 1.54. The van der Waals surface area contributed by atoms with Crippen LogP contribution in [0.2, 0.25) is 0 Å². The van der Waals surface area contributed by atoms with Crippen LogP contribution in [-0.4, -0.2) is 15.8 Å². The third kappa shape index (κ3) is 2.84. The Morgan fingerprint density at radius 1 is 1.53 bits per heavy atom. The van der Waals surface area contributed by atoms with E-state index in [-0.39, 0.29) is 0 Å². The first-order valence-electron chi connectivity index (χ1n) is 5.22. The first-order chi connectivity index (χ1) is 7.06. The van der Waals surface area contributed by atoms with E-state index in [0.29, 0.717) is 6.04 Å². The third-order valence-corrected chi connectivity index (χ3v) is 2.71. The molecule has 3 nitrogen and oxygen atoms in total. The summed E-state index contributed by atoms with van der Waals surface area (Å²) in [4.78, 5) is 0. The van der Waals surface area contributed by atoms with Gasteiger partial charge in [-0.25, -0.2) is 0 Å². The van der Waals surface area contributed by atoms with Crippen LogP contribution in [0.25, 0.3) is 0 Å². The molecule has 0 aliphatic heterocycles. The normalized spacial score (nSPS) is 12.5. The summed E-state index contributed by atoms with van der Waals surface area (Å²) >= 11 is 0. The maximum Gasteiger partial charge on any atom is 0.0641 e. The molecule has 0 aliphatic rings. The summed E-state index contributed by atoms with van der Waals surface area (Å²) < 4.78 is 1.91. The third-order valence-electron chi connectivity index (χ3n) is 2.71. The van der Waals surface area contributed by atoms with Crippen molar-refractivity contribution in [3.8, 4) is 12.3 Å². The smallest absolute Gasteiger partial charge is 0.0641 e. The lowest BCUT2D eigenvalue weighted by Crippen LogP contribution is -2.25. The zero-order chi connectivity index (χ0) is 11.4. The molecule has 0 fully saturated rings. The van der Waals surface area contributed by atoms with E-state index in [4.69, 9.17) is 6.42 Å². The van der Waals surface area contributed by atoms with Crippen molar-refractivity contribution in [2.75, 3.05) is 0 Å². The molecule has 0 radical (unpaired) electrons. The zero-order valence-corrected chi connectivity index (χ0v) is 9.96. The second kappa shape index (κ2) is 4.99. The van der Waals surface area contributed by atoms with Gasteiger partial charge in [-0.1, -0.05) is 0 Å². The molecule has 0 spiro atoms. The van der Waals surface area contributed by atoms with E-state index in [0.717, 1.165) is 18.7 Å². The molecule has 1 aromatic rings. The van der Waals surface area contributed by atoms with E-state index in [1.165, 1.54) is 11.3 Å².